The van der Waals surface area contributed by atoms with E-state index in [9.17, 15) is 12.8 Å². The van der Waals surface area contributed by atoms with Crippen molar-refractivity contribution in [1.82, 2.24) is 0 Å². The summed E-state index contributed by atoms with van der Waals surface area (Å²) in [4.78, 5) is 0. The zero-order valence-electron chi connectivity index (χ0n) is 16.1. The van der Waals surface area contributed by atoms with Crippen molar-refractivity contribution in [3.05, 3.63) is 70.5 Å². The van der Waals surface area contributed by atoms with Crippen molar-refractivity contribution in [2.24, 2.45) is 5.73 Å². The molecule has 2 atom stereocenters. The van der Waals surface area contributed by atoms with E-state index in [0.717, 1.165) is 49.7 Å². The summed E-state index contributed by atoms with van der Waals surface area (Å²) in [5.74, 6) is 0.176. The summed E-state index contributed by atoms with van der Waals surface area (Å²) < 4.78 is 38.0. The topological polar surface area (TPSA) is 60.2 Å². The highest BCUT2D eigenvalue weighted by Crippen LogP contribution is 2.35. The van der Waals surface area contributed by atoms with Gasteiger partial charge in [0.05, 0.1) is 11.0 Å². The van der Waals surface area contributed by atoms with Crippen LogP contribution in [0.5, 0.6) is 0 Å². The minimum Gasteiger partial charge on any atom is -0.327 e. The van der Waals surface area contributed by atoms with Gasteiger partial charge in [-0.3, -0.25) is 0 Å². The standard InChI is InChI=1S/C23H28FNO2S/c24-19-9-5-16(6-10-19)15-22-21-14-17(4-7-18(21)8-11-23(22)25)12-13-28(26,27)20-2-1-3-20/h4-7,9-10,14,20,22-23H,1-3,8,11-13,15,25H2. The number of nitrogens with two attached hydrogens (primary N) is 1. The molecule has 0 heterocycles. The van der Waals surface area contributed by atoms with Crippen LogP contribution in [0, 0.1) is 5.82 Å². The van der Waals surface area contributed by atoms with Gasteiger partial charge in [-0.05, 0) is 72.9 Å². The van der Waals surface area contributed by atoms with Crippen LogP contribution >= 0.6 is 0 Å². The third-order valence-corrected chi connectivity index (χ3v) is 8.74. The van der Waals surface area contributed by atoms with Crippen LogP contribution in [0.4, 0.5) is 4.39 Å². The average Bonchev–Trinajstić information content (AvgIpc) is 2.62. The number of hydrogen-bond acceptors (Lipinski definition) is 3. The lowest BCUT2D eigenvalue weighted by atomic mass is 9.76. The molecule has 0 aromatic heterocycles. The first kappa shape index (κ1) is 19.6. The SMILES string of the molecule is NC1CCc2ccc(CCS(=O)(=O)C3CCC3)cc2C1Cc1ccc(F)cc1. The Hall–Kier alpha value is -1.72. The number of rotatable bonds is 6. The van der Waals surface area contributed by atoms with E-state index in [1.807, 2.05) is 12.1 Å². The fourth-order valence-electron chi connectivity index (χ4n) is 4.42. The van der Waals surface area contributed by atoms with Gasteiger partial charge < -0.3 is 5.73 Å². The molecule has 0 radical (unpaired) electrons. The maximum absolute atomic E-state index is 13.2. The minimum absolute atomic E-state index is 0.0616. The summed E-state index contributed by atoms with van der Waals surface area (Å²) >= 11 is 0. The van der Waals surface area contributed by atoms with E-state index in [-0.39, 0.29) is 28.8 Å². The molecule has 28 heavy (non-hydrogen) atoms. The molecule has 2 aromatic rings. The Morgan fingerprint density at radius 2 is 1.71 bits per heavy atom. The molecule has 3 nitrogen and oxygen atoms in total. The zero-order valence-corrected chi connectivity index (χ0v) is 16.9. The Morgan fingerprint density at radius 3 is 2.39 bits per heavy atom. The first-order valence-electron chi connectivity index (χ1n) is 10.3. The number of sulfone groups is 1. The first-order valence-corrected chi connectivity index (χ1v) is 12.0. The van der Waals surface area contributed by atoms with Crippen molar-refractivity contribution < 1.29 is 12.8 Å². The van der Waals surface area contributed by atoms with Gasteiger partial charge in [-0.25, -0.2) is 12.8 Å². The largest absolute Gasteiger partial charge is 0.327 e. The lowest BCUT2D eigenvalue weighted by molar-refractivity contribution is 0.466. The zero-order chi connectivity index (χ0) is 19.7. The molecule has 2 N–H and O–H groups in total. The van der Waals surface area contributed by atoms with Crippen LogP contribution in [0.15, 0.2) is 42.5 Å². The molecule has 1 fully saturated rings. The van der Waals surface area contributed by atoms with Crippen molar-refractivity contribution in [2.75, 3.05) is 5.75 Å². The van der Waals surface area contributed by atoms with Crippen LogP contribution in [0.2, 0.25) is 0 Å². The molecule has 0 bridgehead atoms. The Morgan fingerprint density at radius 1 is 1.00 bits per heavy atom. The van der Waals surface area contributed by atoms with Gasteiger partial charge in [0, 0.05) is 12.0 Å². The maximum atomic E-state index is 13.2. The van der Waals surface area contributed by atoms with Crippen molar-refractivity contribution in [3.8, 4) is 0 Å². The highest BCUT2D eigenvalue weighted by Gasteiger charge is 2.31. The third-order valence-electron chi connectivity index (χ3n) is 6.48. The van der Waals surface area contributed by atoms with Crippen molar-refractivity contribution >= 4 is 9.84 Å². The van der Waals surface area contributed by atoms with Crippen LogP contribution in [-0.2, 0) is 29.1 Å². The van der Waals surface area contributed by atoms with E-state index in [4.69, 9.17) is 5.73 Å². The summed E-state index contributed by atoms with van der Waals surface area (Å²) in [7, 11) is -2.98. The molecule has 0 aliphatic heterocycles. The quantitative estimate of drug-likeness (QED) is 0.798. The van der Waals surface area contributed by atoms with E-state index in [1.165, 1.54) is 23.3 Å². The second-order valence-electron chi connectivity index (χ2n) is 8.34. The minimum atomic E-state index is -2.98. The predicted molar refractivity (Wildman–Crippen MR) is 111 cm³/mol. The average molecular weight is 402 g/mol. The lowest BCUT2D eigenvalue weighted by Crippen LogP contribution is -2.34. The smallest absolute Gasteiger partial charge is 0.153 e. The fraction of sp³-hybridized carbons (Fsp3) is 0.478. The summed E-state index contributed by atoms with van der Waals surface area (Å²) in [6, 6.07) is 13.1. The Kier molecular flexibility index (Phi) is 5.57. The van der Waals surface area contributed by atoms with Gasteiger partial charge in [0.25, 0.3) is 0 Å². The highest BCUT2D eigenvalue weighted by molar-refractivity contribution is 7.92. The fourth-order valence-corrected chi connectivity index (χ4v) is 6.32. The van der Waals surface area contributed by atoms with Crippen molar-refractivity contribution in [1.29, 1.82) is 0 Å². The molecular formula is C23H28FNO2S. The number of benzene rings is 2. The number of aryl methyl sites for hydroxylation is 2. The van der Waals surface area contributed by atoms with Gasteiger partial charge in [0.2, 0.25) is 0 Å². The lowest BCUT2D eigenvalue weighted by Gasteiger charge is -2.32. The van der Waals surface area contributed by atoms with E-state index in [2.05, 4.69) is 18.2 Å². The van der Waals surface area contributed by atoms with Gasteiger partial charge in [0.1, 0.15) is 5.82 Å². The van der Waals surface area contributed by atoms with Gasteiger partial charge in [-0.2, -0.15) is 0 Å². The van der Waals surface area contributed by atoms with Gasteiger partial charge in [-0.15, -0.1) is 0 Å². The van der Waals surface area contributed by atoms with Gasteiger partial charge in [-0.1, -0.05) is 36.8 Å². The Labute approximate surface area is 167 Å². The maximum Gasteiger partial charge on any atom is 0.153 e. The van der Waals surface area contributed by atoms with Crippen LogP contribution in [0.3, 0.4) is 0 Å². The Bertz CT molecular complexity index is 936. The van der Waals surface area contributed by atoms with Crippen LogP contribution in [0.1, 0.15) is 53.9 Å². The summed E-state index contributed by atoms with van der Waals surface area (Å²) in [5.41, 5.74) is 11.1. The summed E-state index contributed by atoms with van der Waals surface area (Å²) in [5, 5.41) is -0.121. The predicted octanol–water partition coefficient (Wildman–Crippen LogP) is 3.94. The molecule has 2 aliphatic carbocycles. The van der Waals surface area contributed by atoms with Crippen molar-refractivity contribution in [3.63, 3.8) is 0 Å². The van der Waals surface area contributed by atoms with Crippen molar-refractivity contribution in [2.45, 2.75) is 62.2 Å². The third kappa shape index (κ3) is 4.15. The van der Waals surface area contributed by atoms with Crippen LogP contribution < -0.4 is 5.73 Å². The molecule has 150 valence electrons. The second-order valence-corrected chi connectivity index (χ2v) is 10.7. The normalized spacial score (nSPS) is 22.5. The Balaban J connectivity index is 1.53. The van der Waals surface area contributed by atoms with E-state index in [0.29, 0.717) is 6.42 Å². The van der Waals surface area contributed by atoms with E-state index in [1.54, 1.807) is 0 Å². The number of hydrogen-bond donors (Lipinski definition) is 1. The molecule has 0 saturated heterocycles. The van der Waals surface area contributed by atoms with Gasteiger partial charge >= 0.3 is 0 Å². The monoisotopic (exact) mass is 401 g/mol. The van der Waals surface area contributed by atoms with Crippen LogP contribution in [0.25, 0.3) is 0 Å². The summed E-state index contributed by atoms with van der Waals surface area (Å²) in [6.07, 6.45) is 5.90. The molecule has 5 heteroatoms. The first-order chi connectivity index (χ1) is 13.4. The molecule has 1 saturated carbocycles. The molecule has 2 unspecified atom stereocenters. The molecule has 0 spiro atoms. The molecule has 2 aliphatic rings. The number of halogens is 1. The highest BCUT2D eigenvalue weighted by atomic mass is 32.2. The van der Waals surface area contributed by atoms with E-state index >= 15 is 0 Å². The molecule has 0 amide bonds. The van der Waals surface area contributed by atoms with Crippen LogP contribution in [-0.4, -0.2) is 25.5 Å². The molecular weight excluding hydrogens is 373 g/mol. The molecule has 4 rings (SSSR count). The number of fused-ring (bicyclic) bond motifs is 1. The molecule has 2 aromatic carbocycles. The second kappa shape index (κ2) is 7.96. The van der Waals surface area contributed by atoms with Gasteiger partial charge in [0.15, 0.2) is 9.84 Å². The van der Waals surface area contributed by atoms with E-state index < -0.39 is 9.84 Å². The summed E-state index contributed by atoms with van der Waals surface area (Å²) in [6.45, 7) is 0.